The van der Waals surface area contributed by atoms with Gasteiger partial charge in [0.15, 0.2) is 0 Å². The van der Waals surface area contributed by atoms with E-state index in [1.165, 1.54) is 0 Å². The number of ether oxygens (including phenoxy) is 2. The molecule has 0 bridgehead atoms. The highest BCUT2D eigenvalue weighted by molar-refractivity contribution is 8.76. The van der Waals surface area contributed by atoms with Gasteiger partial charge in [0, 0.05) is 34.6 Å². The summed E-state index contributed by atoms with van der Waals surface area (Å²) in [6.07, 6.45) is 7.10. The second-order valence-electron chi connectivity index (χ2n) is 6.40. The first-order valence-electron chi connectivity index (χ1n) is 9.43. The van der Waals surface area contributed by atoms with E-state index in [2.05, 4.69) is 34.2 Å². The van der Waals surface area contributed by atoms with Gasteiger partial charge < -0.3 is 9.47 Å². The molecule has 2 heterocycles. The van der Waals surface area contributed by atoms with Gasteiger partial charge in [-0.1, -0.05) is 33.7 Å². The van der Waals surface area contributed by atoms with Gasteiger partial charge in [-0.15, -0.1) is 0 Å². The SMILES string of the molecule is c1cc(OCc2ccncc2)cc(SSc2cccc(OCc3ccncc3)c2)c1. The Morgan fingerprint density at radius 2 is 1.00 bits per heavy atom. The number of rotatable bonds is 9. The van der Waals surface area contributed by atoms with E-state index in [0.29, 0.717) is 13.2 Å². The van der Waals surface area contributed by atoms with Crippen molar-refractivity contribution in [2.24, 2.45) is 0 Å². The molecule has 4 rings (SSSR count). The van der Waals surface area contributed by atoms with Crippen molar-refractivity contribution in [1.82, 2.24) is 9.97 Å². The fraction of sp³-hybridized carbons (Fsp3) is 0.0833. The van der Waals surface area contributed by atoms with Crippen LogP contribution in [0.2, 0.25) is 0 Å². The average molecular weight is 433 g/mol. The zero-order valence-electron chi connectivity index (χ0n) is 16.2. The Kier molecular flexibility index (Phi) is 7.26. The quantitative estimate of drug-likeness (QED) is 0.284. The maximum Gasteiger partial charge on any atom is 0.120 e. The number of aromatic nitrogens is 2. The van der Waals surface area contributed by atoms with Crippen molar-refractivity contribution in [3.8, 4) is 11.5 Å². The molecule has 0 unspecified atom stereocenters. The molecule has 0 amide bonds. The fourth-order valence-electron chi connectivity index (χ4n) is 2.62. The first-order chi connectivity index (χ1) is 14.8. The summed E-state index contributed by atoms with van der Waals surface area (Å²) in [7, 11) is 3.39. The molecule has 2 aromatic carbocycles. The lowest BCUT2D eigenvalue weighted by Crippen LogP contribution is -1.95. The number of hydrogen-bond acceptors (Lipinski definition) is 6. The van der Waals surface area contributed by atoms with E-state index >= 15 is 0 Å². The molecular weight excluding hydrogens is 412 g/mol. The summed E-state index contributed by atoms with van der Waals surface area (Å²) in [4.78, 5) is 10.3. The molecule has 0 aliphatic heterocycles. The standard InChI is InChI=1S/C24H20N2O2S2/c1-3-21(27-17-19-7-11-25-12-8-19)15-23(5-1)29-30-24-6-2-4-22(16-24)28-18-20-9-13-26-14-10-20/h1-16H,17-18H2. The first-order valence-corrected chi connectivity index (χ1v) is 11.6. The zero-order valence-corrected chi connectivity index (χ0v) is 17.8. The summed E-state index contributed by atoms with van der Waals surface area (Å²) in [6, 6.07) is 24.1. The van der Waals surface area contributed by atoms with E-state index in [4.69, 9.17) is 9.47 Å². The third-order valence-corrected chi connectivity index (χ3v) is 6.54. The van der Waals surface area contributed by atoms with E-state index < -0.39 is 0 Å². The predicted molar refractivity (Wildman–Crippen MR) is 122 cm³/mol. The van der Waals surface area contributed by atoms with Crippen LogP contribution in [-0.4, -0.2) is 9.97 Å². The van der Waals surface area contributed by atoms with E-state index in [9.17, 15) is 0 Å². The highest BCUT2D eigenvalue weighted by atomic mass is 33.1. The Hall–Kier alpha value is -2.96. The van der Waals surface area contributed by atoms with E-state index in [-0.39, 0.29) is 0 Å². The van der Waals surface area contributed by atoms with Crippen LogP contribution in [0.5, 0.6) is 11.5 Å². The van der Waals surface area contributed by atoms with Crippen molar-refractivity contribution in [3.05, 3.63) is 109 Å². The van der Waals surface area contributed by atoms with Crippen LogP contribution in [0.4, 0.5) is 0 Å². The van der Waals surface area contributed by atoms with Crippen LogP contribution in [0.1, 0.15) is 11.1 Å². The minimum absolute atomic E-state index is 0.528. The largest absolute Gasteiger partial charge is 0.489 e. The molecule has 0 aliphatic carbocycles. The van der Waals surface area contributed by atoms with Gasteiger partial charge in [0.1, 0.15) is 24.7 Å². The normalized spacial score (nSPS) is 10.5. The molecule has 4 nitrogen and oxygen atoms in total. The van der Waals surface area contributed by atoms with Gasteiger partial charge in [-0.25, -0.2) is 0 Å². The summed E-state index contributed by atoms with van der Waals surface area (Å²) in [5.74, 6) is 1.71. The number of hydrogen-bond donors (Lipinski definition) is 0. The number of nitrogens with zero attached hydrogens (tertiary/aromatic N) is 2. The van der Waals surface area contributed by atoms with Crippen molar-refractivity contribution in [1.29, 1.82) is 0 Å². The van der Waals surface area contributed by atoms with Crippen LogP contribution in [-0.2, 0) is 13.2 Å². The molecule has 30 heavy (non-hydrogen) atoms. The van der Waals surface area contributed by atoms with Gasteiger partial charge in [-0.05, 0) is 71.8 Å². The minimum atomic E-state index is 0.528. The topological polar surface area (TPSA) is 44.2 Å². The zero-order chi connectivity index (χ0) is 20.4. The second-order valence-corrected chi connectivity index (χ2v) is 8.68. The Labute approximate surface area is 184 Å². The Balaban J connectivity index is 1.31. The molecule has 0 saturated carbocycles. The molecule has 0 N–H and O–H groups in total. The van der Waals surface area contributed by atoms with Gasteiger partial charge in [-0.2, -0.15) is 0 Å². The summed E-state index contributed by atoms with van der Waals surface area (Å²) in [6.45, 7) is 1.06. The summed E-state index contributed by atoms with van der Waals surface area (Å²) >= 11 is 0. The molecule has 2 aromatic heterocycles. The average Bonchev–Trinajstić information content (AvgIpc) is 2.82. The highest BCUT2D eigenvalue weighted by Gasteiger charge is 2.03. The van der Waals surface area contributed by atoms with E-state index in [1.54, 1.807) is 46.4 Å². The Morgan fingerprint density at radius 3 is 1.43 bits per heavy atom. The molecular formula is C24H20N2O2S2. The molecule has 0 spiro atoms. The van der Waals surface area contributed by atoms with Gasteiger partial charge in [0.2, 0.25) is 0 Å². The molecule has 0 aliphatic rings. The van der Waals surface area contributed by atoms with Crippen molar-refractivity contribution < 1.29 is 9.47 Å². The molecule has 150 valence electrons. The third-order valence-electron chi connectivity index (χ3n) is 4.15. The number of pyridine rings is 2. The fourth-order valence-corrected chi connectivity index (χ4v) is 4.61. The molecule has 0 radical (unpaired) electrons. The van der Waals surface area contributed by atoms with Crippen molar-refractivity contribution in [2.45, 2.75) is 23.0 Å². The van der Waals surface area contributed by atoms with Crippen LogP contribution >= 0.6 is 21.6 Å². The molecule has 0 atom stereocenters. The summed E-state index contributed by atoms with van der Waals surface area (Å²) in [5.41, 5.74) is 2.20. The van der Waals surface area contributed by atoms with E-state index in [0.717, 1.165) is 32.4 Å². The highest BCUT2D eigenvalue weighted by Crippen LogP contribution is 2.39. The van der Waals surface area contributed by atoms with Crippen LogP contribution in [0.25, 0.3) is 0 Å². The maximum atomic E-state index is 5.90. The van der Waals surface area contributed by atoms with Crippen LogP contribution in [0.15, 0.2) is 107 Å². The first kappa shape index (κ1) is 20.3. The lowest BCUT2D eigenvalue weighted by Gasteiger charge is -2.09. The van der Waals surface area contributed by atoms with Gasteiger partial charge in [0.05, 0.1) is 0 Å². The van der Waals surface area contributed by atoms with Crippen molar-refractivity contribution in [2.75, 3.05) is 0 Å². The van der Waals surface area contributed by atoms with Crippen molar-refractivity contribution >= 4 is 21.6 Å². The maximum absolute atomic E-state index is 5.90. The van der Waals surface area contributed by atoms with Crippen molar-refractivity contribution in [3.63, 3.8) is 0 Å². The van der Waals surface area contributed by atoms with Gasteiger partial charge in [-0.3, -0.25) is 9.97 Å². The minimum Gasteiger partial charge on any atom is -0.489 e. The molecule has 0 saturated heterocycles. The van der Waals surface area contributed by atoms with Crippen LogP contribution < -0.4 is 9.47 Å². The van der Waals surface area contributed by atoms with Crippen LogP contribution in [0.3, 0.4) is 0 Å². The van der Waals surface area contributed by atoms with Crippen LogP contribution in [0, 0.1) is 0 Å². The molecule has 6 heteroatoms. The molecule has 4 aromatic rings. The Bertz CT molecular complexity index is 976. The summed E-state index contributed by atoms with van der Waals surface area (Å²) in [5, 5.41) is 0. The van der Waals surface area contributed by atoms with Gasteiger partial charge >= 0.3 is 0 Å². The predicted octanol–water partition coefficient (Wildman–Crippen LogP) is 6.43. The van der Waals surface area contributed by atoms with E-state index in [1.807, 2.05) is 48.5 Å². The Morgan fingerprint density at radius 1 is 0.567 bits per heavy atom. The third kappa shape index (κ3) is 6.27. The molecule has 0 fully saturated rings. The summed E-state index contributed by atoms with van der Waals surface area (Å²) < 4.78 is 11.8. The second kappa shape index (κ2) is 10.7. The lowest BCUT2D eigenvalue weighted by molar-refractivity contribution is 0.305. The monoisotopic (exact) mass is 432 g/mol. The number of benzene rings is 2. The smallest absolute Gasteiger partial charge is 0.120 e. The lowest BCUT2D eigenvalue weighted by atomic mass is 10.3. The van der Waals surface area contributed by atoms with Gasteiger partial charge in [0.25, 0.3) is 0 Å².